The monoisotopic (exact) mass is 383 g/mol. The van der Waals surface area contributed by atoms with Gasteiger partial charge >= 0.3 is 0 Å². The second kappa shape index (κ2) is 6.80. The molecule has 1 aromatic heterocycles. The van der Waals surface area contributed by atoms with Crippen LogP contribution in [0, 0.1) is 6.92 Å². The number of rotatable bonds is 3. The number of nitrogens with zero attached hydrogens (tertiary/aromatic N) is 2. The number of carbonyl (C=O) groups excluding carboxylic acids is 1. The summed E-state index contributed by atoms with van der Waals surface area (Å²) >= 11 is 3.41. The number of aromatic nitrogens is 1. The minimum absolute atomic E-state index is 0.102. The smallest absolute Gasteiger partial charge is 0.272 e. The van der Waals surface area contributed by atoms with Crippen LogP contribution in [0.3, 0.4) is 0 Å². The van der Waals surface area contributed by atoms with E-state index in [4.69, 9.17) is 0 Å². The molecule has 0 spiro atoms. The SMILES string of the molecule is Cc1cc(C(=O)N/N=C\c2ccccc2O)c2cc(Br)ccc2n1. The van der Waals surface area contributed by atoms with E-state index in [1.165, 1.54) is 6.21 Å². The Kier molecular flexibility index (Phi) is 4.57. The van der Waals surface area contributed by atoms with E-state index in [0.29, 0.717) is 11.1 Å². The highest BCUT2D eigenvalue weighted by Gasteiger charge is 2.12. The lowest BCUT2D eigenvalue weighted by atomic mass is 10.1. The number of hydrogen-bond acceptors (Lipinski definition) is 4. The Labute approximate surface area is 147 Å². The van der Waals surface area contributed by atoms with Gasteiger partial charge in [0.05, 0.1) is 17.3 Å². The Morgan fingerprint density at radius 1 is 1.25 bits per heavy atom. The number of nitrogens with one attached hydrogen (secondary N) is 1. The number of amides is 1. The van der Waals surface area contributed by atoms with Gasteiger partial charge in [-0.05, 0) is 43.3 Å². The lowest BCUT2D eigenvalue weighted by molar-refractivity contribution is 0.0956. The predicted molar refractivity (Wildman–Crippen MR) is 97.3 cm³/mol. The van der Waals surface area contributed by atoms with Crippen molar-refractivity contribution in [3.8, 4) is 5.75 Å². The van der Waals surface area contributed by atoms with Crippen LogP contribution >= 0.6 is 15.9 Å². The largest absolute Gasteiger partial charge is 0.507 e. The Morgan fingerprint density at radius 3 is 2.83 bits per heavy atom. The van der Waals surface area contributed by atoms with E-state index in [9.17, 15) is 9.90 Å². The van der Waals surface area contributed by atoms with Crippen LogP contribution in [0.25, 0.3) is 10.9 Å². The summed E-state index contributed by atoms with van der Waals surface area (Å²) in [5, 5.41) is 14.3. The summed E-state index contributed by atoms with van der Waals surface area (Å²) in [5.41, 5.74) is 5.00. The minimum Gasteiger partial charge on any atom is -0.507 e. The molecule has 1 amide bonds. The van der Waals surface area contributed by atoms with Gasteiger partial charge in [-0.3, -0.25) is 9.78 Å². The number of phenols is 1. The lowest BCUT2D eigenvalue weighted by Crippen LogP contribution is -2.18. The zero-order chi connectivity index (χ0) is 17.1. The third-order valence-corrected chi connectivity index (χ3v) is 3.94. The number of halogens is 1. The number of pyridine rings is 1. The molecule has 0 saturated heterocycles. The van der Waals surface area contributed by atoms with Gasteiger partial charge in [0.2, 0.25) is 0 Å². The number of hydrazone groups is 1. The van der Waals surface area contributed by atoms with Crippen LogP contribution in [-0.4, -0.2) is 22.2 Å². The molecule has 0 fully saturated rings. The molecule has 0 aliphatic heterocycles. The average molecular weight is 384 g/mol. The molecule has 3 rings (SSSR count). The number of para-hydroxylation sites is 1. The molecule has 0 unspecified atom stereocenters. The number of benzene rings is 2. The first-order chi connectivity index (χ1) is 11.5. The fraction of sp³-hybridized carbons (Fsp3) is 0.0556. The summed E-state index contributed by atoms with van der Waals surface area (Å²) in [6, 6.07) is 14.1. The number of carbonyl (C=O) groups is 1. The Balaban J connectivity index is 1.89. The normalized spacial score (nSPS) is 11.1. The zero-order valence-corrected chi connectivity index (χ0v) is 14.4. The van der Waals surface area contributed by atoms with Crippen molar-refractivity contribution >= 4 is 39.0 Å². The van der Waals surface area contributed by atoms with Gasteiger partial charge in [0, 0.05) is 21.1 Å². The summed E-state index contributed by atoms with van der Waals surface area (Å²) < 4.78 is 0.868. The van der Waals surface area contributed by atoms with Crippen LogP contribution in [0.4, 0.5) is 0 Å². The fourth-order valence-electron chi connectivity index (χ4n) is 2.34. The third kappa shape index (κ3) is 3.44. The molecule has 120 valence electrons. The number of hydrogen-bond donors (Lipinski definition) is 2. The standard InChI is InChI=1S/C18H14BrN3O2/c1-11-8-15(14-9-13(19)6-7-16(14)21-11)18(24)22-20-10-12-4-2-3-5-17(12)23/h2-10,23H,1H3,(H,22,24)/b20-10-. The van der Waals surface area contributed by atoms with Gasteiger partial charge in [-0.1, -0.05) is 28.1 Å². The summed E-state index contributed by atoms with van der Waals surface area (Å²) in [6.07, 6.45) is 1.40. The average Bonchev–Trinajstić information content (AvgIpc) is 2.56. The van der Waals surface area contributed by atoms with Crippen molar-refractivity contribution < 1.29 is 9.90 Å². The van der Waals surface area contributed by atoms with Crippen molar-refractivity contribution in [3.63, 3.8) is 0 Å². The number of aryl methyl sites for hydroxylation is 1. The van der Waals surface area contributed by atoms with Crippen LogP contribution in [-0.2, 0) is 0 Å². The van der Waals surface area contributed by atoms with Gasteiger partial charge in [0.25, 0.3) is 5.91 Å². The first kappa shape index (κ1) is 16.1. The molecule has 1 heterocycles. The highest BCUT2D eigenvalue weighted by atomic mass is 79.9. The summed E-state index contributed by atoms with van der Waals surface area (Å²) in [5.74, 6) is -0.236. The first-order valence-electron chi connectivity index (χ1n) is 7.23. The van der Waals surface area contributed by atoms with Gasteiger partial charge in [0.1, 0.15) is 5.75 Å². The summed E-state index contributed by atoms with van der Waals surface area (Å²) in [6.45, 7) is 1.84. The van der Waals surface area contributed by atoms with Crippen molar-refractivity contribution in [1.29, 1.82) is 0 Å². The molecule has 0 bridgehead atoms. The van der Waals surface area contributed by atoms with E-state index in [-0.39, 0.29) is 11.7 Å². The molecule has 0 aliphatic rings. The van der Waals surface area contributed by atoms with E-state index >= 15 is 0 Å². The van der Waals surface area contributed by atoms with Crippen LogP contribution in [0.5, 0.6) is 5.75 Å². The van der Waals surface area contributed by atoms with Crippen LogP contribution in [0.2, 0.25) is 0 Å². The molecule has 5 nitrogen and oxygen atoms in total. The number of phenolic OH excluding ortho intramolecular Hbond substituents is 1. The summed E-state index contributed by atoms with van der Waals surface area (Å²) in [4.78, 5) is 16.9. The third-order valence-electron chi connectivity index (χ3n) is 3.45. The molecule has 0 radical (unpaired) electrons. The molecule has 2 N–H and O–H groups in total. The Morgan fingerprint density at radius 2 is 2.04 bits per heavy atom. The highest BCUT2D eigenvalue weighted by Crippen LogP contribution is 2.23. The van der Waals surface area contributed by atoms with Crippen molar-refractivity contribution in [2.75, 3.05) is 0 Å². The predicted octanol–water partition coefficient (Wildman–Crippen LogP) is 3.78. The van der Waals surface area contributed by atoms with E-state index in [1.807, 2.05) is 25.1 Å². The van der Waals surface area contributed by atoms with E-state index in [1.54, 1.807) is 30.3 Å². The van der Waals surface area contributed by atoms with Crippen molar-refractivity contribution in [3.05, 3.63) is 69.8 Å². The lowest BCUT2D eigenvalue weighted by Gasteiger charge is -2.07. The van der Waals surface area contributed by atoms with Gasteiger partial charge in [-0.25, -0.2) is 5.43 Å². The maximum atomic E-state index is 12.5. The quantitative estimate of drug-likeness (QED) is 0.533. The second-order valence-electron chi connectivity index (χ2n) is 5.23. The molecule has 3 aromatic rings. The number of aromatic hydroxyl groups is 1. The number of fused-ring (bicyclic) bond motifs is 1. The Bertz CT molecular complexity index is 954. The van der Waals surface area contributed by atoms with Gasteiger partial charge < -0.3 is 5.11 Å². The molecular formula is C18H14BrN3O2. The molecule has 24 heavy (non-hydrogen) atoms. The van der Waals surface area contributed by atoms with Gasteiger partial charge in [-0.15, -0.1) is 0 Å². The van der Waals surface area contributed by atoms with Gasteiger partial charge in [-0.2, -0.15) is 5.10 Å². The van der Waals surface area contributed by atoms with E-state index in [0.717, 1.165) is 21.1 Å². The second-order valence-corrected chi connectivity index (χ2v) is 6.15. The van der Waals surface area contributed by atoms with Crippen molar-refractivity contribution in [2.45, 2.75) is 6.92 Å². The van der Waals surface area contributed by atoms with Gasteiger partial charge in [0.15, 0.2) is 0 Å². The maximum absolute atomic E-state index is 12.5. The molecule has 0 aliphatic carbocycles. The topological polar surface area (TPSA) is 74.6 Å². The van der Waals surface area contributed by atoms with Crippen LogP contribution in [0.1, 0.15) is 21.6 Å². The molecule has 2 aromatic carbocycles. The minimum atomic E-state index is -0.338. The first-order valence-corrected chi connectivity index (χ1v) is 8.02. The van der Waals surface area contributed by atoms with E-state index in [2.05, 4.69) is 31.4 Å². The fourth-order valence-corrected chi connectivity index (χ4v) is 2.70. The molecule has 6 heteroatoms. The Hall–Kier alpha value is -2.73. The molecule has 0 atom stereocenters. The van der Waals surface area contributed by atoms with Crippen molar-refractivity contribution in [1.82, 2.24) is 10.4 Å². The van der Waals surface area contributed by atoms with Crippen LogP contribution < -0.4 is 5.43 Å². The molecule has 0 saturated carbocycles. The maximum Gasteiger partial charge on any atom is 0.272 e. The van der Waals surface area contributed by atoms with E-state index < -0.39 is 0 Å². The van der Waals surface area contributed by atoms with Crippen molar-refractivity contribution in [2.24, 2.45) is 5.10 Å². The summed E-state index contributed by atoms with van der Waals surface area (Å²) in [7, 11) is 0. The highest BCUT2D eigenvalue weighted by molar-refractivity contribution is 9.10. The van der Waals surface area contributed by atoms with Crippen LogP contribution in [0.15, 0.2) is 58.1 Å². The molecular weight excluding hydrogens is 370 g/mol. The zero-order valence-electron chi connectivity index (χ0n) is 12.8.